The van der Waals surface area contributed by atoms with Crippen LogP contribution in [-0.4, -0.2) is 58.0 Å². The van der Waals surface area contributed by atoms with Crippen molar-refractivity contribution in [3.63, 3.8) is 0 Å². The first-order valence-corrected chi connectivity index (χ1v) is 15.3. The SMILES string of the molecule is CCCNC(=O)C(CC)N(Cc1ccc(OC)cc1)C(=O)CN(c1ccc(OCC)cc1)S(=O)(=O)c1ccc(F)cc1. The molecule has 9 nitrogen and oxygen atoms in total. The highest BCUT2D eigenvalue weighted by atomic mass is 32.2. The average Bonchev–Trinajstić information content (AvgIpc) is 2.99. The number of anilines is 1. The fourth-order valence-electron chi connectivity index (χ4n) is 4.35. The number of amides is 2. The van der Waals surface area contributed by atoms with E-state index in [0.29, 0.717) is 31.1 Å². The van der Waals surface area contributed by atoms with Gasteiger partial charge in [0.15, 0.2) is 0 Å². The summed E-state index contributed by atoms with van der Waals surface area (Å²) in [5, 5.41) is 2.85. The van der Waals surface area contributed by atoms with Crippen LogP contribution in [0.2, 0.25) is 0 Å². The lowest BCUT2D eigenvalue weighted by molar-refractivity contribution is -0.140. The summed E-state index contributed by atoms with van der Waals surface area (Å²) in [4.78, 5) is 28.5. The summed E-state index contributed by atoms with van der Waals surface area (Å²) in [6, 6.07) is 16.9. The van der Waals surface area contributed by atoms with Crippen LogP contribution >= 0.6 is 0 Å². The lowest BCUT2D eigenvalue weighted by atomic mass is 10.1. The van der Waals surface area contributed by atoms with E-state index in [1.807, 2.05) is 13.8 Å². The second-order valence-corrected chi connectivity index (χ2v) is 11.3. The maximum Gasteiger partial charge on any atom is 0.264 e. The Kier molecular flexibility index (Phi) is 11.7. The van der Waals surface area contributed by atoms with Gasteiger partial charge in [0.2, 0.25) is 11.8 Å². The average molecular weight is 600 g/mol. The number of carbonyl (C=O) groups excluding carboxylic acids is 2. The third-order valence-corrected chi connectivity index (χ3v) is 8.35. The Bertz CT molecular complexity index is 1410. The van der Waals surface area contributed by atoms with Crippen LogP contribution in [-0.2, 0) is 26.2 Å². The Balaban J connectivity index is 2.04. The second-order valence-electron chi connectivity index (χ2n) is 9.48. The van der Waals surface area contributed by atoms with Gasteiger partial charge < -0.3 is 19.7 Å². The molecule has 3 aromatic rings. The fourth-order valence-corrected chi connectivity index (χ4v) is 5.77. The normalized spacial score (nSPS) is 11.8. The van der Waals surface area contributed by atoms with Gasteiger partial charge in [-0.3, -0.25) is 13.9 Å². The van der Waals surface area contributed by atoms with Crippen molar-refractivity contribution in [2.24, 2.45) is 0 Å². The summed E-state index contributed by atoms with van der Waals surface area (Å²) >= 11 is 0. The fraction of sp³-hybridized carbons (Fsp3) is 0.355. The molecule has 11 heteroatoms. The summed E-state index contributed by atoms with van der Waals surface area (Å²) in [6.45, 7) is 5.89. The molecule has 1 N–H and O–H groups in total. The molecular weight excluding hydrogens is 561 g/mol. The topological polar surface area (TPSA) is 105 Å². The summed E-state index contributed by atoms with van der Waals surface area (Å²) in [7, 11) is -2.76. The lowest BCUT2D eigenvalue weighted by Crippen LogP contribution is -2.52. The van der Waals surface area contributed by atoms with Gasteiger partial charge in [0.1, 0.15) is 29.9 Å². The van der Waals surface area contributed by atoms with E-state index in [0.717, 1.165) is 40.6 Å². The molecule has 0 spiro atoms. The maximum absolute atomic E-state index is 14.1. The Morgan fingerprint density at radius 3 is 2.07 bits per heavy atom. The van der Waals surface area contributed by atoms with Crippen molar-refractivity contribution in [2.45, 2.75) is 51.1 Å². The number of sulfonamides is 1. The van der Waals surface area contributed by atoms with Crippen molar-refractivity contribution in [3.8, 4) is 11.5 Å². The van der Waals surface area contributed by atoms with Gasteiger partial charge in [-0.2, -0.15) is 0 Å². The van der Waals surface area contributed by atoms with Crippen LogP contribution in [0.25, 0.3) is 0 Å². The van der Waals surface area contributed by atoms with Gasteiger partial charge in [-0.05, 0) is 86.0 Å². The minimum absolute atomic E-state index is 0.0641. The van der Waals surface area contributed by atoms with Crippen LogP contribution < -0.4 is 19.1 Å². The van der Waals surface area contributed by atoms with Gasteiger partial charge in [-0.15, -0.1) is 0 Å². The van der Waals surface area contributed by atoms with Crippen molar-refractivity contribution in [3.05, 3.63) is 84.2 Å². The van der Waals surface area contributed by atoms with Crippen LogP contribution in [0, 0.1) is 5.82 Å². The van der Waals surface area contributed by atoms with E-state index in [1.54, 1.807) is 62.6 Å². The van der Waals surface area contributed by atoms with Gasteiger partial charge in [0, 0.05) is 13.1 Å². The summed E-state index contributed by atoms with van der Waals surface area (Å²) in [5.41, 5.74) is 0.948. The molecule has 0 bridgehead atoms. The molecule has 3 aromatic carbocycles. The highest BCUT2D eigenvalue weighted by Gasteiger charge is 2.33. The predicted octanol–water partition coefficient (Wildman–Crippen LogP) is 4.76. The Morgan fingerprint density at radius 2 is 1.52 bits per heavy atom. The number of methoxy groups -OCH3 is 1. The number of hydrogen-bond donors (Lipinski definition) is 1. The zero-order valence-electron chi connectivity index (χ0n) is 24.4. The zero-order valence-corrected chi connectivity index (χ0v) is 25.2. The number of carbonyl (C=O) groups is 2. The zero-order chi connectivity index (χ0) is 30.7. The molecular formula is C31H38FN3O6S. The van der Waals surface area contributed by atoms with E-state index in [1.165, 1.54) is 4.90 Å². The highest BCUT2D eigenvalue weighted by molar-refractivity contribution is 7.92. The van der Waals surface area contributed by atoms with Gasteiger partial charge in [0.25, 0.3) is 10.0 Å². The summed E-state index contributed by atoms with van der Waals surface area (Å²) in [6.07, 6.45) is 1.03. The number of nitrogens with one attached hydrogen (secondary N) is 1. The van der Waals surface area contributed by atoms with Crippen molar-refractivity contribution in [2.75, 3.05) is 31.1 Å². The summed E-state index contributed by atoms with van der Waals surface area (Å²) in [5.74, 6) is -0.325. The molecule has 42 heavy (non-hydrogen) atoms. The molecule has 0 saturated heterocycles. The van der Waals surface area contributed by atoms with Crippen LogP contribution in [0.15, 0.2) is 77.7 Å². The Morgan fingerprint density at radius 1 is 0.905 bits per heavy atom. The van der Waals surface area contributed by atoms with E-state index < -0.39 is 34.3 Å². The van der Waals surface area contributed by atoms with E-state index in [2.05, 4.69) is 5.32 Å². The van der Waals surface area contributed by atoms with Crippen molar-refractivity contribution in [1.29, 1.82) is 0 Å². The Labute approximate surface area is 247 Å². The van der Waals surface area contributed by atoms with E-state index in [4.69, 9.17) is 9.47 Å². The van der Waals surface area contributed by atoms with Crippen LogP contribution in [0.4, 0.5) is 10.1 Å². The van der Waals surface area contributed by atoms with Crippen LogP contribution in [0.5, 0.6) is 11.5 Å². The smallest absolute Gasteiger partial charge is 0.264 e. The van der Waals surface area contributed by atoms with Crippen molar-refractivity contribution in [1.82, 2.24) is 10.2 Å². The first-order chi connectivity index (χ1) is 20.1. The number of nitrogens with zero attached hydrogens (tertiary/aromatic N) is 2. The van der Waals surface area contributed by atoms with Crippen molar-refractivity contribution >= 4 is 27.5 Å². The molecule has 0 aromatic heterocycles. The molecule has 0 aliphatic carbocycles. The van der Waals surface area contributed by atoms with Crippen LogP contribution in [0.3, 0.4) is 0 Å². The molecule has 0 saturated carbocycles. The maximum atomic E-state index is 14.1. The van der Waals surface area contributed by atoms with Gasteiger partial charge in [-0.25, -0.2) is 12.8 Å². The minimum atomic E-state index is -4.31. The standard InChI is InChI=1S/C31H38FN3O6S/c1-5-20-33-31(37)29(6-2)34(21-23-8-14-26(40-4)15-9-23)30(36)22-35(25-12-16-27(17-13-25)41-7-3)42(38,39)28-18-10-24(32)11-19-28/h8-19,29H,5-7,20-22H2,1-4H3,(H,33,37). The van der Waals surface area contributed by atoms with E-state index in [-0.39, 0.29) is 23.0 Å². The quantitative estimate of drug-likeness (QED) is 0.270. The Hall–Kier alpha value is -4.12. The van der Waals surface area contributed by atoms with E-state index in [9.17, 15) is 22.4 Å². The lowest BCUT2D eigenvalue weighted by Gasteiger charge is -2.33. The van der Waals surface area contributed by atoms with Crippen molar-refractivity contribution < 1.29 is 31.9 Å². The molecule has 0 fully saturated rings. The monoisotopic (exact) mass is 599 g/mol. The summed E-state index contributed by atoms with van der Waals surface area (Å²) < 4.78 is 53.1. The van der Waals surface area contributed by atoms with Crippen LogP contribution in [0.1, 0.15) is 39.2 Å². The molecule has 0 aliphatic heterocycles. The molecule has 0 radical (unpaired) electrons. The molecule has 226 valence electrons. The third-order valence-electron chi connectivity index (χ3n) is 6.56. The number of hydrogen-bond acceptors (Lipinski definition) is 6. The molecule has 1 unspecified atom stereocenters. The predicted molar refractivity (Wildman–Crippen MR) is 159 cm³/mol. The number of ether oxygens (including phenoxy) is 2. The first-order valence-electron chi connectivity index (χ1n) is 13.9. The van der Waals surface area contributed by atoms with Gasteiger partial charge in [0.05, 0.1) is 24.3 Å². The molecule has 0 heterocycles. The number of halogens is 1. The van der Waals surface area contributed by atoms with Gasteiger partial charge >= 0.3 is 0 Å². The number of benzene rings is 3. The third kappa shape index (κ3) is 8.22. The minimum Gasteiger partial charge on any atom is -0.497 e. The largest absolute Gasteiger partial charge is 0.497 e. The molecule has 2 amide bonds. The number of rotatable bonds is 15. The van der Waals surface area contributed by atoms with E-state index >= 15 is 0 Å². The first kappa shape index (κ1) is 32.4. The molecule has 0 aliphatic rings. The van der Waals surface area contributed by atoms with Gasteiger partial charge in [-0.1, -0.05) is 26.0 Å². The molecule has 3 rings (SSSR count). The molecule has 1 atom stereocenters. The second kappa shape index (κ2) is 15.2. The highest BCUT2D eigenvalue weighted by Crippen LogP contribution is 2.27.